The van der Waals surface area contributed by atoms with Gasteiger partial charge >= 0.3 is 37.2 Å². The van der Waals surface area contributed by atoms with Gasteiger partial charge in [-0.2, -0.15) is 0 Å². The van der Waals surface area contributed by atoms with Gasteiger partial charge in [-0.15, -0.1) is 0 Å². The van der Waals surface area contributed by atoms with Crippen molar-refractivity contribution >= 4 is 7.60 Å². The second-order valence-electron chi connectivity index (χ2n) is 2.56. The average molecular weight is 210 g/mol. The van der Waals surface area contributed by atoms with Crippen molar-refractivity contribution in [1.29, 1.82) is 0 Å². The smallest absolute Gasteiger partial charge is 1.00 e. The van der Waals surface area contributed by atoms with Crippen molar-refractivity contribution in [3.8, 4) is 0 Å². The number of benzene rings is 1. The fraction of sp³-hybridized carbons (Fsp3) is 0.250. The molecule has 1 N–H and O–H groups in total. The molecule has 0 aromatic heterocycles. The van der Waals surface area contributed by atoms with Crippen LogP contribution in [-0.2, 0) is 15.7 Å². The Kier molecular flexibility index (Phi) is 6.14. The largest absolute Gasteiger partial charge is 1.00 e. The summed E-state index contributed by atoms with van der Waals surface area (Å²) < 4.78 is 15.4. The molecule has 0 saturated heterocycles. The van der Waals surface area contributed by atoms with Crippen LogP contribution in [0.1, 0.15) is 6.99 Å². The third-order valence-electron chi connectivity index (χ3n) is 1.31. The van der Waals surface area contributed by atoms with Crippen molar-refractivity contribution in [2.75, 3.05) is 6.66 Å². The van der Waals surface area contributed by atoms with Crippen molar-refractivity contribution < 1.29 is 45.0 Å². The van der Waals surface area contributed by atoms with Gasteiger partial charge in [0, 0.05) is 6.66 Å². The minimum absolute atomic E-state index is 0. The summed E-state index contributed by atoms with van der Waals surface area (Å²) in [6.07, 6.45) is 0. The molecule has 1 rings (SSSR count). The molecule has 0 spiro atoms. The second-order valence-corrected chi connectivity index (χ2v) is 4.43. The van der Waals surface area contributed by atoms with Crippen LogP contribution in [0.3, 0.4) is 0 Å². The predicted molar refractivity (Wildman–Crippen MR) is 48.1 cm³/mol. The third-order valence-corrected chi connectivity index (χ3v) is 1.92. The normalized spacial score (nSPS) is 14.3. The van der Waals surface area contributed by atoms with Gasteiger partial charge in [0.2, 0.25) is 0 Å². The fourth-order valence-electron chi connectivity index (χ4n) is 0.769. The van der Waals surface area contributed by atoms with Crippen LogP contribution in [0.4, 0.5) is 0 Å². The van der Waals surface area contributed by atoms with Gasteiger partial charge < -0.3 is 10.8 Å². The van der Waals surface area contributed by atoms with E-state index in [1.807, 2.05) is 30.3 Å². The first-order chi connectivity index (χ1) is 5.58. The molecule has 5 heteroatoms. The maximum atomic E-state index is 10.7. The van der Waals surface area contributed by atoms with Crippen LogP contribution >= 0.6 is 7.60 Å². The van der Waals surface area contributed by atoms with E-state index in [2.05, 4.69) is 0 Å². The zero-order chi connectivity index (χ0) is 9.03. The Morgan fingerprint density at radius 3 is 2.46 bits per heavy atom. The molecular formula is C8H12NaO3P. The topological polar surface area (TPSA) is 46.5 Å². The molecule has 0 fully saturated rings. The van der Waals surface area contributed by atoms with Gasteiger partial charge in [0.15, 0.2) is 0 Å². The summed E-state index contributed by atoms with van der Waals surface area (Å²) in [5.74, 6) is 0. The summed E-state index contributed by atoms with van der Waals surface area (Å²) >= 11 is 0. The molecule has 1 aromatic rings. The first kappa shape index (κ1) is 13.4. The van der Waals surface area contributed by atoms with E-state index in [9.17, 15) is 4.57 Å². The Morgan fingerprint density at radius 1 is 1.46 bits per heavy atom. The van der Waals surface area contributed by atoms with E-state index in [4.69, 9.17) is 9.42 Å². The van der Waals surface area contributed by atoms with E-state index < -0.39 is 7.60 Å². The Morgan fingerprint density at radius 2 is 2.00 bits per heavy atom. The minimum atomic E-state index is -3.33. The summed E-state index contributed by atoms with van der Waals surface area (Å²) in [4.78, 5) is 8.81. The van der Waals surface area contributed by atoms with Crippen LogP contribution < -0.4 is 29.6 Å². The van der Waals surface area contributed by atoms with Gasteiger partial charge in [-0.1, -0.05) is 30.3 Å². The quantitative estimate of drug-likeness (QED) is 0.521. The first-order valence-corrected chi connectivity index (χ1v) is 5.59. The number of hydrogen-bond acceptors (Lipinski definition) is 2. The fourth-order valence-corrected chi connectivity index (χ4v) is 1.16. The number of hydrogen-bond donors (Lipinski definition) is 1. The molecule has 0 aliphatic carbocycles. The van der Waals surface area contributed by atoms with Crippen LogP contribution in [0.5, 0.6) is 0 Å². The van der Waals surface area contributed by atoms with E-state index in [1.165, 1.54) is 6.66 Å². The van der Waals surface area contributed by atoms with Gasteiger partial charge in [-0.05, 0) is 5.56 Å². The van der Waals surface area contributed by atoms with Gasteiger partial charge in [-0.3, -0.25) is 4.57 Å². The molecular weight excluding hydrogens is 198 g/mol. The molecule has 0 saturated carbocycles. The minimum Gasteiger partial charge on any atom is -1.00 e. The van der Waals surface area contributed by atoms with E-state index in [-0.39, 0.29) is 37.6 Å². The van der Waals surface area contributed by atoms with Crippen LogP contribution in [0, 0.1) is 0 Å². The molecule has 13 heavy (non-hydrogen) atoms. The standard InChI is InChI=1S/C8H11O3P.Na.H/c1-12(9,10)11-7-8-5-3-2-4-6-8;;/h2-6H,7H2,1H3,(H,9,10);;/q;+1;-1. The summed E-state index contributed by atoms with van der Waals surface area (Å²) in [7, 11) is -3.33. The molecule has 1 atom stereocenters. The van der Waals surface area contributed by atoms with Gasteiger partial charge in [0.1, 0.15) is 0 Å². The van der Waals surface area contributed by atoms with Crippen molar-refractivity contribution in [3.63, 3.8) is 0 Å². The van der Waals surface area contributed by atoms with Crippen LogP contribution in [0.25, 0.3) is 0 Å². The van der Waals surface area contributed by atoms with E-state index in [0.29, 0.717) is 0 Å². The summed E-state index contributed by atoms with van der Waals surface area (Å²) in [5.41, 5.74) is 0.897. The van der Waals surface area contributed by atoms with E-state index in [1.54, 1.807) is 0 Å². The van der Waals surface area contributed by atoms with Crippen molar-refractivity contribution in [3.05, 3.63) is 35.9 Å². The van der Waals surface area contributed by atoms with Crippen LogP contribution in [0.15, 0.2) is 30.3 Å². The molecule has 0 amide bonds. The van der Waals surface area contributed by atoms with Gasteiger partial charge in [0.25, 0.3) is 0 Å². The summed E-state index contributed by atoms with van der Waals surface area (Å²) in [5, 5.41) is 0. The van der Waals surface area contributed by atoms with E-state index in [0.717, 1.165) is 5.56 Å². The van der Waals surface area contributed by atoms with Gasteiger partial charge in [-0.25, -0.2) is 0 Å². The van der Waals surface area contributed by atoms with Crippen molar-refractivity contribution in [2.45, 2.75) is 6.61 Å². The zero-order valence-electron chi connectivity index (χ0n) is 8.80. The molecule has 0 aliphatic rings. The molecule has 1 aromatic carbocycles. The van der Waals surface area contributed by atoms with Gasteiger partial charge in [0.05, 0.1) is 6.61 Å². The third kappa shape index (κ3) is 6.44. The SMILES string of the molecule is CP(=O)(O)OCc1ccccc1.[H-].[Na+]. The van der Waals surface area contributed by atoms with Crippen molar-refractivity contribution in [2.24, 2.45) is 0 Å². The molecule has 0 bridgehead atoms. The summed E-state index contributed by atoms with van der Waals surface area (Å²) in [6.45, 7) is 1.36. The Bertz CT molecular complexity index is 288. The molecule has 0 heterocycles. The molecule has 68 valence electrons. The maximum Gasteiger partial charge on any atom is 1.00 e. The molecule has 3 nitrogen and oxygen atoms in total. The maximum absolute atomic E-state index is 10.7. The average Bonchev–Trinajstić information content (AvgIpc) is 2.02. The number of rotatable bonds is 3. The van der Waals surface area contributed by atoms with Crippen LogP contribution in [-0.4, -0.2) is 11.6 Å². The molecule has 0 radical (unpaired) electrons. The molecule has 1 unspecified atom stereocenters. The van der Waals surface area contributed by atoms with Crippen molar-refractivity contribution in [1.82, 2.24) is 0 Å². The van der Waals surface area contributed by atoms with Crippen LogP contribution in [0.2, 0.25) is 0 Å². The zero-order valence-corrected chi connectivity index (χ0v) is 10.7. The Balaban J connectivity index is 0. The first-order valence-electron chi connectivity index (χ1n) is 3.57. The summed E-state index contributed by atoms with van der Waals surface area (Å²) in [6, 6.07) is 9.28. The predicted octanol–water partition coefficient (Wildman–Crippen LogP) is -0.865. The van der Waals surface area contributed by atoms with E-state index >= 15 is 0 Å². The molecule has 0 aliphatic heterocycles. The second kappa shape index (κ2) is 5.97. The monoisotopic (exact) mass is 210 g/mol. The Labute approximate surface area is 101 Å². The Hall–Kier alpha value is 0.370.